The number of hydrogen-bond acceptors (Lipinski definition) is 7. The Balaban J connectivity index is 1.50. The third-order valence-electron chi connectivity index (χ3n) is 6.54. The summed E-state index contributed by atoms with van der Waals surface area (Å²) >= 11 is 6.20. The van der Waals surface area contributed by atoms with Crippen molar-refractivity contribution >= 4 is 33.4 Å². The molecule has 1 saturated carbocycles. The fraction of sp³-hybridized carbons (Fsp3) is 0.895. The van der Waals surface area contributed by atoms with Crippen LogP contribution in [0.1, 0.15) is 19.3 Å². The van der Waals surface area contributed by atoms with E-state index in [4.69, 9.17) is 16.3 Å². The van der Waals surface area contributed by atoms with Gasteiger partial charge in [0.1, 0.15) is 12.8 Å². The number of methoxy groups -OCH3 is 1. The van der Waals surface area contributed by atoms with Crippen molar-refractivity contribution in [2.45, 2.75) is 36.9 Å². The van der Waals surface area contributed by atoms with E-state index in [2.05, 4.69) is 20.5 Å². The highest BCUT2D eigenvalue weighted by Crippen LogP contribution is 2.37. The van der Waals surface area contributed by atoms with Crippen molar-refractivity contribution in [2.75, 3.05) is 52.8 Å². The fourth-order valence-electron chi connectivity index (χ4n) is 4.84. The molecule has 3 N–H and O–H groups in total. The molecular formula is C19H33ClFN5O5S. The topological polar surface area (TPSA) is 120 Å². The van der Waals surface area contributed by atoms with E-state index in [-0.39, 0.29) is 36.1 Å². The number of carbonyl (C=O) groups excluding carboxylic acids is 2. The molecule has 2 aliphatic heterocycles. The zero-order valence-corrected chi connectivity index (χ0v) is 20.0. The van der Waals surface area contributed by atoms with Crippen LogP contribution in [-0.4, -0.2) is 100 Å². The fourth-order valence-corrected chi connectivity index (χ4v) is 6.48. The van der Waals surface area contributed by atoms with E-state index in [9.17, 15) is 22.4 Å². The lowest BCUT2D eigenvalue weighted by Gasteiger charge is -2.37. The van der Waals surface area contributed by atoms with Crippen LogP contribution in [0.2, 0.25) is 0 Å². The van der Waals surface area contributed by atoms with Crippen LogP contribution in [0, 0.1) is 17.8 Å². The van der Waals surface area contributed by atoms with E-state index in [1.807, 2.05) is 7.05 Å². The Morgan fingerprint density at radius 3 is 2.69 bits per heavy atom. The lowest BCUT2D eigenvalue weighted by molar-refractivity contribution is -0.134. The van der Waals surface area contributed by atoms with E-state index in [1.54, 1.807) is 4.90 Å². The minimum atomic E-state index is -3.85. The molecule has 13 heteroatoms. The van der Waals surface area contributed by atoms with Crippen LogP contribution in [0.4, 0.5) is 4.39 Å². The van der Waals surface area contributed by atoms with Gasteiger partial charge in [-0.1, -0.05) is 0 Å². The first kappa shape index (κ1) is 25.6. The van der Waals surface area contributed by atoms with Gasteiger partial charge in [0.05, 0.1) is 17.0 Å². The van der Waals surface area contributed by atoms with Gasteiger partial charge in [0.15, 0.2) is 0 Å². The average Bonchev–Trinajstić information content (AvgIpc) is 3.37. The second-order valence-corrected chi connectivity index (χ2v) is 11.4. The van der Waals surface area contributed by atoms with E-state index in [0.29, 0.717) is 32.4 Å². The second-order valence-electron chi connectivity index (χ2n) is 9.11. The van der Waals surface area contributed by atoms with Gasteiger partial charge < -0.3 is 9.64 Å². The van der Waals surface area contributed by atoms with E-state index in [1.165, 1.54) is 7.11 Å². The minimum absolute atomic E-state index is 0.0240. The highest BCUT2D eigenvalue weighted by Gasteiger charge is 2.44. The van der Waals surface area contributed by atoms with Crippen molar-refractivity contribution in [3.63, 3.8) is 0 Å². The minimum Gasteiger partial charge on any atom is -0.375 e. The number of likely N-dealkylation sites (tertiary alicyclic amines) is 1. The maximum absolute atomic E-state index is 14.7. The number of rotatable bonds is 8. The number of halogens is 2. The largest absolute Gasteiger partial charge is 0.375 e. The third kappa shape index (κ3) is 6.51. The quantitative estimate of drug-likeness (QED) is 0.298. The summed E-state index contributed by atoms with van der Waals surface area (Å²) in [6.07, 6.45) is -0.253. The van der Waals surface area contributed by atoms with Gasteiger partial charge in [0.25, 0.3) is 0 Å². The molecule has 2 heterocycles. The number of alkyl halides is 2. The lowest BCUT2D eigenvalue weighted by atomic mass is 9.76. The van der Waals surface area contributed by atoms with E-state index < -0.39 is 33.4 Å². The van der Waals surface area contributed by atoms with Crippen LogP contribution >= 0.6 is 11.6 Å². The summed E-state index contributed by atoms with van der Waals surface area (Å²) in [5.41, 5.74) is 2.18. The number of nitrogens with zero attached hydrogens (tertiary/aromatic N) is 2. The predicted molar refractivity (Wildman–Crippen MR) is 117 cm³/mol. The van der Waals surface area contributed by atoms with Crippen molar-refractivity contribution in [3.8, 4) is 0 Å². The summed E-state index contributed by atoms with van der Waals surface area (Å²) < 4.78 is 44.4. The van der Waals surface area contributed by atoms with Crippen molar-refractivity contribution in [1.29, 1.82) is 0 Å². The van der Waals surface area contributed by atoms with Gasteiger partial charge in [-0.3, -0.25) is 25.2 Å². The van der Waals surface area contributed by atoms with Gasteiger partial charge in [-0.05, 0) is 38.1 Å². The molecule has 2 saturated heterocycles. The Hall–Kier alpha value is -1.05. The number of carbonyl (C=O) groups is 2. The maximum Gasteiger partial charge on any atom is 0.248 e. The number of likely N-dealkylation sites (N-methyl/N-ethyl adjacent to an activating group) is 1. The Morgan fingerprint density at radius 2 is 2.03 bits per heavy atom. The molecule has 6 atom stereocenters. The van der Waals surface area contributed by atoms with E-state index >= 15 is 0 Å². The second kappa shape index (κ2) is 10.9. The molecule has 3 aliphatic rings. The summed E-state index contributed by atoms with van der Waals surface area (Å²) in [6.45, 7) is 2.24. The molecule has 0 spiro atoms. The first-order valence-corrected chi connectivity index (χ1v) is 12.9. The zero-order chi connectivity index (χ0) is 23.5. The number of ether oxygens (including phenoxy) is 1. The normalized spacial score (nSPS) is 34.1. The van der Waals surface area contributed by atoms with Crippen molar-refractivity contribution < 1.29 is 27.1 Å². The standard InChI is InChI=1S/C19H33ClFN5O5S/c1-25-8-16(22-11-25)13-5-14(18(21)15(20)6-13)19(28)23-24-32(29,30)10-12-3-4-26(7-12)17(27)9-31-2/h12-16,18,22,24H,3-11H2,1-2H3,(H,23,28). The van der Waals surface area contributed by atoms with Gasteiger partial charge in [0, 0.05) is 39.5 Å². The SMILES string of the molecule is COCC(=O)N1CCC(CS(=O)(=O)NNC(=O)C2CC(C3CN(C)CN3)CC(Cl)C2F)C1. The Morgan fingerprint density at radius 1 is 1.28 bits per heavy atom. The molecule has 6 unspecified atom stereocenters. The molecule has 0 aromatic heterocycles. The molecule has 3 rings (SSSR count). The van der Waals surface area contributed by atoms with Gasteiger partial charge >= 0.3 is 0 Å². The van der Waals surface area contributed by atoms with Crippen LogP contribution in [0.25, 0.3) is 0 Å². The van der Waals surface area contributed by atoms with Crippen LogP contribution in [0.15, 0.2) is 0 Å². The third-order valence-corrected chi connectivity index (χ3v) is 8.29. The van der Waals surface area contributed by atoms with Gasteiger partial charge in [-0.2, -0.15) is 0 Å². The lowest BCUT2D eigenvalue weighted by Crippen LogP contribution is -2.52. The number of hydrogen-bond donors (Lipinski definition) is 3. The highest BCUT2D eigenvalue weighted by molar-refractivity contribution is 7.89. The zero-order valence-electron chi connectivity index (χ0n) is 18.4. The molecule has 184 valence electrons. The first-order valence-electron chi connectivity index (χ1n) is 10.9. The molecule has 3 fully saturated rings. The van der Waals surface area contributed by atoms with Gasteiger partial charge in [-0.15, -0.1) is 16.4 Å². The average molecular weight is 498 g/mol. The molecular weight excluding hydrogens is 465 g/mol. The number of hydrazine groups is 1. The molecule has 0 radical (unpaired) electrons. The van der Waals surface area contributed by atoms with Gasteiger partial charge in [-0.25, -0.2) is 12.8 Å². The summed E-state index contributed by atoms with van der Waals surface area (Å²) in [5, 5.41) is 2.55. The molecule has 0 aromatic rings. The monoisotopic (exact) mass is 497 g/mol. The van der Waals surface area contributed by atoms with Crippen LogP contribution in [-0.2, 0) is 24.3 Å². The molecule has 32 heavy (non-hydrogen) atoms. The summed E-state index contributed by atoms with van der Waals surface area (Å²) in [6, 6.07) is 0.117. The van der Waals surface area contributed by atoms with Crippen LogP contribution in [0.3, 0.4) is 0 Å². The Bertz CT molecular complexity index is 790. The highest BCUT2D eigenvalue weighted by atomic mass is 35.5. The summed E-state index contributed by atoms with van der Waals surface area (Å²) in [5.74, 6) is -2.40. The molecule has 10 nitrogen and oxygen atoms in total. The van der Waals surface area contributed by atoms with E-state index in [0.717, 1.165) is 13.2 Å². The van der Waals surface area contributed by atoms with Crippen LogP contribution < -0.4 is 15.6 Å². The van der Waals surface area contributed by atoms with Crippen LogP contribution in [0.5, 0.6) is 0 Å². The van der Waals surface area contributed by atoms with Crippen molar-refractivity contribution in [1.82, 2.24) is 25.4 Å². The van der Waals surface area contributed by atoms with Crippen molar-refractivity contribution in [2.24, 2.45) is 17.8 Å². The van der Waals surface area contributed by atoms with Crippen molar-refractivity contribution in [3.05, 3.63) is 0 Å². The first-order chi connectivity index (χ1) is 15.1. The maximum atomic E-state index is 14.7. The Kier molecular flexibility index (Phi) is 8.72. The smallest absolute Gasteiger partial charge is 0.248 e. The molecule has 2 amide bonds. The predicted octanol–water partition coefficient (Wildman–Crippen LogP) is -0.735. The van der Waals surface area contributed by atoms with Gasteiger partial charge in [0.2, 0.25) is 21.8 Å². The Labute approximate surface area is 193 Å². The number of nitrogens with one attached hydrogen (secondary N) is 3. The number of amides is 2. The summed E-state index contributed by atoms with van der Waals surface area (Å²) in [7, 11) is -0.454. The summed E-state index contributed by atoms with van der Waals surface area (Å²) in [4.78, 5) is 30.3. The molecule has 0 bridgehead atoms. The number of sulfonamides is 1. The molecule has 0 aromatic carbocycles. The molecule has 1 aliphatic carbocycles.